The first-order valence-electron chi connectivity index (χ1n) is 3.69. The molecule has 0 aromatic heterocycles. The second-order valence-corrected chi connectivity index (χ2v) is 3.01. The second-order valence-electron chi connectivity index (χ2n) is 3.01. The minimum atomic E-state index is -0.172. The average molecular weight is 138 g/mol. The van der Waals surface area contributed by atoms with Gasteiger partial charge in [-0.05, 0) is 19.3 Å². The van der Waals surface area contributed by atoms with Gasteiger partial charge in [-0.15, -0.1) is 0 Å². The molecule has 0 N–H and O–H groups in total. The molecular formula is C8H10O2. The van der Waals surface area contributed by atoms with Crippen LogP contribution in [-0.4, -0.2) is 12.1 Å². The van der Waals surface area contributed by atoms with Gasteiger partial charge in [-0.3, -0.25) is 0 Å². The van der Waals surface area contributed by atoms with Crippen molar-refractivity contribution in [2.24, 2.45) is 5.92 Å². The zero-order valence-electron chi connectivity index (χ0n) is 5.80. The molecule has 0 aromatic carbocycles. The number of fused-ring (bicyclic) bond motifs is 1. The predicted octanol–water partition coefficient (Wildman–Crippen LogP) is 1.27. The summed E-state index contributed by atoms with van der Waals surface area (Å²) in [6.07, 6.45) is 3.49. The number of esters is 1. The van der Waals surface area contributed by atoms with Crippen molar-refractivity contribution in [3.8, 4) is 0 Å². The zero-order valence-corrected chi connectivity index (χ0v) is 5.80. The van der Waals surface area contributed by atoms with Crippen LogP contribution in [0.1, 0.15) is 19.3 Å². The monoisotopic (exact) mass is 138 g/mol. The van der Waals surface area contributed by atoms with E-state index in [-0.39, 0.29) is 12.1 Å². The fourth-order valence-corrected chi connectivity index (χ4v) is 1.83. The summed E-state index contributed by atoms with van der Waals surface area (Å²) in [5, 5.41) is 0. The Morgan fingerprint density at radius 2 is 2.30 bits per heavy atom. The van der Waals surface area contributed by atoms with Crippen molar-refractivity contribution in [2.75, 3.05) is 0 Å². The fourth-order valence-electron chi connectivity index (χ4n) is 1.83. The maximum absolute atomic E-state index is 10.9. The molecule has 2 fully saturated rings. The predicted molar refractivity (Wildman–Crippen MR) is 36.4 cm³/mol. The Bertz CT molecular complexity index is 195. The lowest BCUT2D eigenvalue weighted by molar-refractivity contribution is -0.138. The maximum atomic E-state index is 10.9. The van der Waals surface area contributed by atoms with Gasteiger partial charge in [0.05, 0.1) is 0 Å². The van der Waals surface area contributed by atoms with Crippen molar-refractivity contribution in [1.29, 1.82) is 0 Å². The number of carbonyl (C=O) groups excluding carboxylic acids is 1. The Hall–Kier alpha value is -0.790. The van der Waals surface area contributed by atoms with E-state index < -0.39 is 0 Å². The summed E-state index contributed by atoms with van der Waals surface area (Å²) in [5.41, 5.74) is 0.697. The lowest BCUT2D eigenvalue weighted by atomic mass is 10.0. The van der Waals surface area contributed by atoms with Gasteiger partial charge in [0.1, 0.15) is 6.10 Å². The van der Waals surface area contributed by atoms with Crippen molar-refractivity contribution >= 4 is 5.97 Å². The molecule has 0 bridgehead atoms. The third kappa shape index (κ3) is 0.618. The van der Waals surface area contributed by atoms with E-state index in [9.17, 15) is 4.79 Å². The van der Waals surface area contributed by atoms with Crippen LogP contribution in [0.15, 0.2) is 12.2 Å². The van der Waals surface area contributed by atoms with Crippen LogP contribution in [0, 0.1) is 5.92 Å². The first-order valence-corrected chi connectivity index (χ1v) is 3.69. The molecular weight excluding hydrogens is 128 g/mol. The molecule has 10 heavy (non-hydrogen) atoms. The lowest BCUT2D eigenvalue weighted by Gasteiger charge is -2.03. The van der Waals surface area contributed by atoms with E-state index >= 15 is 0 Å². The van der Waals surface area contributed by atoms with E-state index in [1.54, 1.807) is 0 Å². The van der Waals surface area contributed by atoms with Crippen LogP contribution in [0.2, 0.25) is 0 Å². The first-order chi connectivity index (χ1) is 4.79. The number of ether oxygens (including phenoxy) is 1. The smallest absolute Gasteiger partial charge is 0.334 e. The van der Waals surface area contributed by atoms with Gasteiger partial charge < -0.3 is 4.74 Å². The molecule has 1 saturated heterocycles. The highest BCUT2D eigenvalue weighted by atomic mass is 16.6. The standard InChI is InChI=1S/C8H10O2/c1-5-6-3-2-4-7(6)10-8(5)9/h6-7H,1-4H2/t6-,7-/m0/s1. The summed E-state index contributed by atoms with van der Waals surface area (Å²) < 4.78 is 5.06. The van der Waals surface area contributed by atoms with E-state index in [1.807, 2.05) is 0 Å². The van der Waals surface area contributed by atoms with Crippen molar-refractivity contribution in [1.82, 2.24) is 0 Å². The number of hydrogen-bond acceptors (Lipinski definition) is 2. The third-order valence-corrected chi connectivity index (χ3v) is 2.42. The van der Waals surface area contributed by atoms with E-state index in [4.69, 9.17) is 4.74 Å². The van der Waals surface area contributed by atoms with Crippen molar-refractivity contribution in [2.45, 2.75) is 25.4 Å². The SMILES string of the molecule is C=C1C(=O)O[C@H]2CCC[C@@H]12. The molecule has 2 nitrogen and oxygen atoms in total. The van der Waals surface area contributed by atoms with Crippen LogP contribution in [0.3, 0.4) is 0 Å². The highest BCUT2D eigenvalue weighted by Gasteiger charge is 2.41. The summed E-state index contributed by atoms with van der Waals surface area (Å²) in [6.45, 7) is 3.70. The Morgan fingerprint density at radius 3 is 3.00 bits per heavy atom. The Kier molecular flexibility index (Phi) is 1.10. The van der Waals surface area contributed by atoms with Crippen LogP contribution in [0.4, 0.5) is 0 Å². The van der Waals surface area contributed by atoms with Crippen LogP contribution in [0.25, 0.3) is 0 Å². The molecule has 2 heteroatoms. The van der Waals surface area contributed by atoms with Crippen LogP contribution in [0.5, 0.6) is 0 Å². The average Bonchev–Trinajstić information content (AvgIpc) is 2.41. The van der Waals surface area contributed by atoms with Crippen LogP contribution < -0.4 is 0 Å². The number of rotatable bonds is 0. The van der Waals surface area contributed by atoms with Gasteiger partial charge in [0, 0.05) is 11.5 Å². The molecule has 0 aromatic rings. The molecule has 0 unspecified atom stereocenters. The molecule has 0 radical (unpaired) electrons. The first kappa shape index (κ1) is 5.96. The molecule has 1 aliphatic carbocycles. The summed E-state index contributed by atoms with van der Waals surface area (Å²) in [5.74, 6) is 0.183. The van der Waals surface area contributed by atoms with Crippen molar-refractivity contribution < 1.29 is 9.53 Å². The van der Waals surface area contributed by atoms with Gasteiger partial charge in [0.2, 0.25) is 0 Å². The molecule has 1 saturated carbocycles. The molecule has 0 amide bonds. The second kappa shape index (κ2) is 1.84. The van der Waals surface area contributed by atoms with Gasteiger partial charge in [-0.25, -0.2) is 4.79 Å². The van der Waals surface area contributed by atoms with Crippen molar-refractivity contribution in [3.05, 3.63) is 12.2 Å². The summed E-state index contributed by atoms with van der Waals surface area (Å²) >= 11 is 0. The normalized spacial score (nSPS) is 38.0. The van der Waals surface area contributed by atoms with E-state index in [0.29, 0.717) is 11.5 Å². The molecule has 2 atom stereocenters. The summed E-state index contributed by atoms with van der Waals surface area (Å²) in [6, 6.07) is 0. The Balaban J connectivity index is 2.24. The minimum absolute atomic E-state index is 0.172. The molecule has 54 valence electrons. The molecule has 1 heterocycles. The van der Waals surface area contributed by atoms with Crippen LogP contribution in [-0.2, 0) is 9.53 Å². The number of carbonyl (C=O) groups is 1. The van der Waals surface area contributed by atoms with Gasteiger partial charge in [-0.1, -0.05) is 6.58 Å². The largest absolute Gasteiger partial charge is 0.458 e. The minimum Gasteiger partial charge on any atom is -0.458 e. The molecule has 1 aliphatic heterocycles. The van der Waals surface area contributed by atoms with E-state index in [2.05, 4.69) is 6.58 Å². The summed E-state index contributed by atoms with van der Waals surface area (Å²) in [7, 11) is 0. The van der Waals surface area contributed by atoms with Gasteiger partial charge >= 0.3 is 5.97 Å². The molecule has 2 aliphatic rings. The topological polar surface area (TPSA) is 26.3 Å². The highest BCUT2D eigenvalue weighted by molar-refractivity contribution is 5.90. The zero-order chi connectivity index (χ0) is 7.14. The molecule has 0 spiro atoms. The Morgan fingerprint density at radius 1 is 1.50 bits per heavy atom. The van der Waals surface area contributed by atoms with Gasteiger partial charge in [0.25, 0.3) is 0 Å². The van der Waals surface area contributed by atoms with Gasteiger partial charge in [-0.2, -0.15) is 0 Å². The highest BCUT2D eigenvalue weighted by Crippen LogP contribution is 2.38. The lowest BCUT2D eigenvalue weighted by Crippen LogP contribution is -2.07. The van der Waals surface area contributed by atoms with Gasteiger partial charge in [0.15, 0.2) is 0 Å². The maximum Gasteiger partial charge on any atom is 0.334 e. The Labute approximate surface area is 59.9 Å². The van der Waals surface area contributed by atoms with Crippen LogP contribution >= 0.6 is 0 Å². The summed E-state index contributed by atoms with van der Waals surface area (Å²) in [4.78, 5) is 10.9. The third-order valence-electron chi connectivity index (χ3n) is 2.42. The van der Waals surface area contributed by atoms with E-state index in [0.717, 1.165) is 12.8 Å². The molecule has 2 rings (SSSR count). The quantitative estimate of drug-likeness (QED) is 0.372. The van der Waals surface area contributed by atoms with Crippen molar-refractivity contribution in [3.63, 3.8) is 0 Å². The van der Waals surface area contributed by atoms with E-state index in [1.165, 1.54) is 6.42 Å². The number of hydrogen-bond donors (Lipinski definition) is 0. The fraction of sp³-hybridized carbons (Fsp3) is 0.625.